The lowest BCUT2D eigenvalue weighted by atomic mass is 10.0. The van der Waals surface area contributed by atoms with E-state index in [4.69, 9.17) is 5.73 Å². The Labute approximate surface area is 230 Å². The molecule has 10 nitrogen and oxygen atoms in total. The highest BCUT2D eigenvalue weighted by Gasteiger charge is 2.13. The Bertz CT molecular complexity index is 1480. The van der Waals surface area contributed by atoms with E-state index in [0.29, 0.717) is 27.9 Å². The van der Waals surface area contributed by atoms with E-state index < -0.39 is 0 Å². The summed E-state index contributed by atoms with van der Waals surface area (Å²) in [4.78, 5) is 49.0. The molecule has 0 aliphatic carbocycles. The minimum absolute atomic E-state index is 0.0117. The number of pyridine rings is 1. The molecular formula is C28H29N7O3S. The summed E-state index contributed by atoms with van der Waals surface area (Å²) in [6.07, 6.45) is 1.72. The molecule has 0 aliphatic rings. The standard InChI is InChI=1S/C28H29N7O3S/c1-34(2)26(37)16-35(3)24-14-20(11-12-30-24)19-5-4-6-21(13-19)23-17-39-28(32-23)33-25(36)15-31-27(38)18-7-9-22(29)10-8-18/h4-14,17H,15-16,29H2,1-3H3,(H,31,38)(H,32,33,36). The quantitative estimate of drug-likeness (QED) is 0.276. The van der Waals surface area contributed by atoms with E-state index in [9.17, 15) is 14.4 Å². The number of carbonyl (C=O) groups is 3. The van der Waals surface area contributed by atoms with Crippen LogP contribution in [0.1, 0.15) is 10.4 Å². The summed E-state index contributed by atoms with van der Waals surface area (Å²) < 4.78 is 0. The van der Waals surface area contributed by atoms with E-state index in [0.717, 1.165) is 16.7 Å². The van der Waals surface area contributed by atoms with Gasteiger partial charge in [-0.05, 0) is 53.6 Å². The Morgan fingerprint density at radius 2 is 1.67 bits per heavy atom. The number of rotatable bonds is 9. The van der Waals surface area contributed by atoms with Crippen molar-refractivity contribution in [3.8, 4) is 22.4 Å². The van der Waals surface area contributed by atoms with Crippen LogP contribution in [-0.4, -0.2) is 66.8 Å². The van der Waals surface area contributed by atoms with Crippen LogP contribution in [-0.2, 0) is 9.59 Å². The summed E-state index contributed by atoms with van der Waals surface area (Å²) >= 11 is 1.30. The summed E-state index contributed by atoms with van der Waals surface area (Å²) in [6, 6.07) is 18.2. The van der Waals surface area contributed by atoms with Crippen LogP contribution in [0.15, 0.2) is 72.2 Å². The van der Waals surface area contributed by atoms with Crippen molar-refractivity contribution in [3.63, 3.8) is 0 Å². The number of thiazole rings is 1. The lowest BCUT2D eigenvalue weighted by Gasteiger charge is -2.20. The second-order valence-corrected chi connectivity index (χ2v) is 9.88. The van der Waals surface area contributed by atoms with Gasteiger partial charge in [-0.15, -0.1) is 11.3 Å². The normalized spacial score (nSPS) is 10.5. The molecule has 0 unspecified atom stereocenters. The number of hydrogen-bond donors (Lipinski definition) is 3. The van der Waals surface area contributed by atoms with Gasteiger partial charge in [0, 0.05) is 49.5 Å². The van der Waals surface area contributed by atoms with E-state index in [-0.39, 0.29) is 30.8 Å². The molecule has 4 N–H and O–H groups in total. The third kappa shape index (κ3) is 7.17. The van der Waals surface area contributed by atoms with Gasteiger partial charge in [-0.2, -0.15) is 0 Å². The summed E-state index contributed by atoms with van der Waals surface area (Å²) in [5.74, 6) is -0.0660. The maximum atomic E-state index is 12.4. The fourth-order valence-electron chi connectivity index (χ4n) is 3.61. The molecule has 0 spiro atoms. The molecule has 11 heteroatoms. The fourth-order valence-corrected chi connectivity index (χ4v) is 4.35. The van der Waals surface area contributed by atoms with Crippen LogP contribution in [0.5, 0.6) is 0 Å². The molecule has 4 aromatic rings. The van der Waals surface area contributed by atoms with Crippen LogP contribution in [0, 0.1) is 0 Å². The largest absolute Gasteiger partial charge is 0.399 e. The average Bonchev–Trinajstić information content (AvgIpc) is 3.40. The van der Waals surface area contributed by atoms with Crippen LogP contribution in [0.3, 0.4) is 0 Å². The molecular weight excluding hydrogens is 514 g/mol. The van der Waals surface area contributed by atoms with Crippen molar-refractivity contribution in [1.82, 2.24) is 20.2 Å². The smallest absolute Gasteiger partial charge is 0.251 e. The van der Waals surface area contributed by atoms with Crippen molar-refractivity contribution in [3.05, 3.63) is 77.8 Å². The second kappa shape index (κ2) is 12.2. The summed E-state index contributed by atoms with van der Waals surface area (Å²) in [5, 5.41) is 7.61. The molecule has 3 amide bonds. The number of nitrogen functional groups attached to an aromatic ring is 1. The number of aromatic nitrogens is 2. The third-order valence-electron chi connectivity index (χ3n) is 5.83. The Kier molecular flexibility index (Phi) is 8.52. The van der Waals surface area contributed by atoms with Gasteiger partial charge in [0.25, 0.3) is 5.91 Å². The number of amides is 3. The first-order valence-corrected chi connectivity index (χ1v) is 12.9. The van der Waals surface area contributed by atoms with Crippen molar-refractivity contribution in [1.29, 1.82) is 0 Å². The van der Waals surface area contributed by atoms with Crippen LogP contribution in [0.2, 0.25) is 0 Å². The highest BCUT2D eigenvalue weighted by molar-refractivity contribution is 7.14. The molecule has 0 radical (unpaired) electrons. The van der Waals surface area contributed by atoms with Gasteiger partial charge in [-0.25, -0.2) is 9.97 Å². The van der Waals surface area contributed by atoms with Crippen molar-refractivity contribution in [2.24, 2.45) is 0 Å². The van der Waals surface area contributed by atoms with Gasteiger partial charge in [0.2, 0.25) is 11.8 Å². The van der Waals surface area contributed by atoms with Crippen LogP contribution in [0.4, 0.5) is 16.6 Å². The van der Waals surface area contributed by atoms with Crippen LogP contribution < -0.4 is 21.3 Å². The molecule has 0 aliphatic heterocycles. The van der Waals surface area contributed by atoms with E-state index in [1.807, 2.05) is 53.7 Å². The third-order valence-corrected chi connectivity index (χ3v) is 6.59. The van der Waals surface area contributed by atoms with E-state index >= 15 is 0 Å². The van der Waals surface area contributed by atoms with Gasteiger partial charge in [0.1, 0.15) is 5.82 Å². The first kappa shape index (κ1) is 27.3. The van der Waals surface area contributed by atoms with Gasteiger partial charge < -0.3 is 26.2 Å². The molecule has 0 saturated carbocycles. The molecule has 2 heterocycles. The zero-order chi connectivity index (χ0) is 27.9. The Hall–Kier alpha value is -4.77. The van der Waals surface area contributed by atoms with Crippen molar-refractivity contribution >= 4 is 45.7 Å². The number of benzene rings is 2. The first-order chi connectivity index (χ1) is 18.7. The monoisotopic (exact) mass is 543 g/mol. The maximum absolute atomic E-state index is 12.4. The predicted molar refractivity (Wildman–Crippen MR) is 155 cm³/mol. The number of anilines is 3. The molecule has 200 valence electrons. The zero-order valence-corrected chi connectivity index (χ0v) is 22.7. The highest BCUT2D eigenvalue weighted by Crippen LogP contribution is 2.30. The first-order valence-electron chi connectivity index (χ1n) is 12.1. The lowest BCUT2D eigenvalue weighted by Crippen LogP contribution is -2.34. The topological polar surface area (TPSA) is 134 Å². The van der Waals surface area contributed by atoms with E-state index in [1.165, 1.54) is 11.3 Å². The molecule has 2 aromatic heterocycles. The molecule has 0 atom stereocenters. The fraction of sp³-hybridized carbons (Fsp3) is 0.179. The molecule has 0 bridgehead atoms. The van der Waals surface area contributed by atoms with Crippen molar-refractivity contribution in [2.75, 3.05) is 50.2 Å². The molecule has 4 rings (SSSR count). The van der Waals surface area contributed by atoms with Crippen molar-refractivity contribution in [2.45, 2.75) is 0 Å². The summed E-state index contributed by atoms with van der Waals surface area (Å²) in [5.41, 5.74) is 10.1. The minimum Gasteiger partial charge on any atom is -0.399 e. The summed E-state index contributed by atoms with van der Waals surface area (Å²) in [7, 11) is 5.28. The Balaban J connectivity index is 1.40. The molecule has 2 aromatic carbocycles. The number of nitrogens with one attached hydrogen (secondary N) is 2. The minimum atomic E-state index is -0.380. The van der Waals surface area contributed by atoms with E-state index in [2.05, 4.69) is 20.6 Å². The SMILES string of the molecule is CN(C)C(=O)CN(C)c1cc(-c2cccc(-c3csc(NC(=O)CNC(=O)c4ccc(N)cc4)n3)c2)ccn1. The predicted octanol–water partition coefficient (Wildman–Crippen LogP) is 3.35. The van der Waals surface area contributed by atoms with Crippen LogP contribution >= 0.6 is 11.3 Å². The number of carbonyl (C=O) groups excluding carboxylic acids is 3. The zero-order valence-electron chi connectivity index (χ0n) is 21.8. The average molecular weight is 544 g/mol. The Morgan fingerprint density at radius 3 is 2.41 bits per heavy atom. The van der Waals surface area contributed by atoms with Gasteiger partial charge in [-0.1, -0.05) is 18.2 Å². The number of nitrogens with zero attached hydrogens (tertiary/aromatic N) is 4. The van der Waals surface area contributed by atoms with Gasteiger partial charge >= 0.3 is 0 Å². The van der Waals surface area contributed by atoms with E-state index in [1.54, 1.807) is 49.5 Å². The lowest BCUT2D eigenvalue weighted by molar-refractivity contribution is -0.127. The van der Waals surface area contributed by atoms with Gasteiger partial charge in [-0.3, -0.25) is 14.4 Å². The maximum Gasteiger partial charge on any atom is 0.251 e. The van der Waals surface area contributed by atoms with Crippen molar-refractivity contribution < 1.29 is 14.4 Å². The molecule has 39 heavy (non-hydrogen) atoms. The molecule has 0 saturated heterocycles. The van der Waals surface area contributed by atoms with Gasteiger partial charge in [0.05, 0.1) is 18.8 Å². The van der Waals surface area contributed by atoms with Gasteiger partial charge in [0.15, 0.2) is 5.13 Å². The number of nitrogens with two attached hydrogens (primary N) is 1. The van der Waals surface area contributed by atoms with Crippen LogP contribution in [0.25, 0.3) is 22.4 Å². The number of hydrogen-bond acceptors (Lipinski definition) is 8. The molecule has 0 fully saturated rings. The second-order valence-electron chi connectivity index (χ2n) is 9.02. The summed E-state index contributed by atoms with van der Waals surface area (Å²) in [6.45, 7) is 0.0362. The number of likely N-dealkylation sites (N-methyl/N-ethyl adjacent to an activating group) is 2. The highest BCUT2D eigenvalue weighted by atomic mass is 32.1. The Morgan fingerprint density at radius 1 is 0.949 bits per heavy atom.